The highest BCUT2D eigenvalue weighted by Gasteiger charge is 2.19. The Morgan fingerprint density at radius 2 is 2.40 bits per heavy atom. The highest BCUT2D eigenvalue weighted by Crippen LogP contribution is 2.21. The molecule has 0 saturated carbocycles. The van der Waals surface area contributed by atoms with E-state index in [0.717, 1.165) is 6.54 Å². The van der Waals surface area contributed by atoms with Gasteiger partial charge in [0, 0.05) is 19.1 Å². The zero-order valence-corrected chi connectivity index (χ0v) is 7.36. The van der Waals surface area contributed by atoms with Crippen molar-refractivity contribution >= 4 is 11.9 Å². The Morgan fingerprint density at radius 3 is 2.90 bits per heavy atom. The van der Waals surface area contributed by atoms with Gasteiger partial charge in [0.15, 0.2) is 0 Å². The molecule has 1 saturated heterocycles. The second-order valence-electron chi connectivity index (χ2n) is 2.71. The van der Waals surface area contributed by atoms with Gasteiger partial charge in [-0.3, -0.25) is 0 Å². The molecule has 1 atom stereocenters. The monoisotopic (exact) mass is 160 g/mol. The van der Waals surface area contributed by atoms with Crippen molar-refractivity contribution in [2.75, 3.05) is 19.3 Å². The lowest BCUT2D eigenvalue weighted by atomic mass is 10.1. The van der Waals surface area contributed by atoms with Crippen molar-refractivity contribution in [1.29, 1.82) is 0 Å². The van der Waals surface area contributed by atoms with Gasteiger partial charge in [-0.2, -0.15) is 0 Å². The number of nitrogens with zero attached hydrogens (tertiary/aromatic N) is 1. The van der Waals surface area contributed by atoms with Crippen LogP contribution >= 0.6 is 11.9 Å². The van der Waals surface area contributed by atoms with E-state index in [1.807, 2.05) is 11.9 Å². The van der Waals surface area contributed by atoms with Gasteiger partial charge in [0.2, 0.25) is 0 Å². The van der Waals surface area contributed by atoms with E-state index in [4.69, 9.17) is 5.73 Å². The van der Waals surface area contributed by atoms with Crippen LogP contribution in [0.25, 0.3) is 0 Å². The van der Waals surface area contributed by atoms with E-state index in [1.54, 1.807) is 0 Å². The van der Waals surface area contributed by atoms with Crippen LogP contribution in [0.4, 0.5) is 0 Å². The fourth-order valence-electron chi connectivity index (χ4n) is 1.45. The van der Waals surface area contributed by atoms with Crippen LogP contribution in [0.1, 0.15) is 19.3 Å². The van der Waals surface area contributed by atoms with Crippen molar-refractivity contribution in [2.24, 2.45) is 5.73 Å². The van der Waals surface area contributed by atoms with E-state index in [9.17, 15) is 0 Å². The van der Waals surface area contributed by atoms with Crippen LogP contribution in [0.15, 0.2) is 0 Å². The molecule has 1 heterocycles. The van der Waals surface area contributed by atoms with Gasteiger partial charge in [-0.25, -0.2) is 4.31 Å². The highest BCUT2D eigenvalue weighted by molar-refractivity contribution is 7.96. The van der Waals surface area contributed by atoms with Gasteiger partial charge in [0.1, 0.15) is 0 Å². The van der Waals surface area contributed by atoms with Gasteiger partial charge in [-0.1, -0.05) is 18.4 Å². The summed E-state index contributed by atoms with van der Waals surface area (Å²) in [7, 11) is 0. The Hall–Kier alpha value is 0.270. The third-order valence-electron chi connectivity index (χ3n) is 2.08. The van der Waals surface area contributed by atoms with Gasteiger partial charge in [-0.05, 0) is 19.1 Å². The lowest BCUT2D eigenvalue weighted by Gasteiger charge is -2.32. The smallest absolute Gasteiger partial charge is 0.0325 e. The minimum atomic E-state index is 0.642. The minimum absolute atomic E-state index is 0.642. The minimum Gasteiger partial charge on any atom is -0.329 e. The molecule has 60 valence electrons. The van der Waals surface area contributed by atoms with Crippen molar-refractivity contribution in [2.45, 2.75) is 25.3 Å². The normalized spacial score (nSPS) is 28.8. The van der Waals surface area contributed by atoms with Crippen LogP contribution in [-0.4, -0.2) is 29.7 Å². The fourth-order valence-corrected chi connectivity index (χ4v) is 2.25. The molecule has 0 radical (unpaired) electrons. The SMILES string of the molecule is CSN1CCCCC1CN. The Bertz CT molecular complexity index is 85.6. The maximum atomic E-state index is 5.61. The molecule has 0 aromatic rings. The van der Waals surface area contributed by atoms with E-state index in [0.29, 0.717) is 6.04 Å². The molecule has 1 fully saturated rings. The molecule has 2 nitrogen and oxygen atoms in total. The molecule has 10 heavy (non-hydrogen) atoms. The molecular weight excluding hydrogens is 144 g/mol. The largest absolute Gasteiger partial charge is 0.329 e. The van der Waals surface area contributed by atoms with E-state index in [-0.39, 0.29) is 0 Å². The first kappa shape index (κ1) is 8.37. The molecule has 1 aliphatic heterocycles. The van der Waals surface area contributed by atoms with Crippen LogP contribution in [-0.2, 0) is 0 Å². The molecule has 1 unspecified atom stereocenters. The van der Waals surface area contributed by atoms with Crippen molar-refractivity contribution in [1.82, 2.24) is 4.31 Å². The maximum absolute atomic E-state index is 5.61. The molecule has 0 aromatic heterocycles. The van der Waals surface area contributed by atoms with Gasteiger partial charge < -0.3 is 5.73 Å². The topological polar surface area (TPSA) is 29.3 Å². The molecule has 0 aliphatic carbocycles. The van der Waals surface area contributed by atoms with Crippen molar-refractivity contribution in [3.05, 3.63) is 0 Å². The number of nitrogens with two attached hydrogens (primary N) is 1. The highest BCUT2D eigenvalue weighted by atomic mass is 32.2. The van der Waals surface area contributed by atoms with Crippen molar-refractivity contribution in [3.63, 3.8) is 0 Å². The first-order chi connectivity index (χ1) is 4.88. The molecule has 0 spiro atoms. The van der Waals surface area contributed by atoms with Crippen molar-refractivity contribution < 1.29 is 0 Å². The first-order valence-electron chi connectivity index (χ1n) is 3.89. The van der Waals surface area contributed by atoms with E-state index in [1.165, 1.54) is 25.8 Å². The number of hydrogen-bond acceptors (Lipinski definition) is 3. The summed E-state index contributed by atoms with van der Waals surface area (Å²) in [6.07, 6.45) is 6.13. The van der Waals surface area contributed by atoms with Crippen LogP contribution in [0.5, 0.6) is 0 Å². The number of rotatable bonds is 2. The summed E-state index contributed by atoms with van der Waals surface area (Å²) in [6, 6.07) is 0.642. The second kappa shape index (κ2) is 4.21. The van der Waals surface area contributed by atoms with Crippen LogP contribution in [0.3, 0.4) is 0 Å². The molecule has 0 aromatic carbocycles. The van der Waals surface area contributed by atoms with Gasteiger partial charge in [0.05, 0.1) is 0 Å². The van der Waals surface area contributed by atoms with E-state index < -0.39 is 0 Å². The summed E-state index contributed by atoms with van der Waals surface area (Å²) in [5.41, 5.74) is 5.61. The summed E-state index contributed by atoms with van der Waals surface area (Å²) in [4.78, 5) is 0. The third kappa shape index (κ3) is 1.87. The summed E-state index contributed by atoms with van der Waals surface area (Å²) >= 11 is 1.83. The van der Waals surface area contributed by atoms with Crippen LogP contribution in [0, 0.1) is 0 Å². The Balaban J connectivity index is 2.34. The number of hydrogen-bond donors (Lipinski definition) is 1. The van der Waals surface area contributed by atoms with Gasteiger partial charge in [0.25, 0.3) is 0 Å². The average molecular weight is 160 g/mol. The second-order valence-corrected chi connectivity index (χ2v) is 3.54. The molecular formula is C7H16N2S. The quantitative estimate of drug-likeness (QED) is 0.613. The fraction of sp³-hybridized carbons (Fsp3) is 1.00. The van der Waals surface area contributed by atoms with Gasteiger partial charge >= 0.3 is 0 Å². The molecule has 1 rings (SSSR count). The molecule has 0 bridgehead atoms. The number of piperidine rings is 1. The Labute approximate surface area is 67.3 Å². The lowest BCUT2D eigenvalue weighted by Crippen LogP contribution is -2.39. The first-order valence-corrected chi connectivity index (χ1v) is 5.07. The Kier molecular flexibility index (Phi) is 3.52. The third-order valence-corrected chi connectivity index (χ3v) is 3.03. The summed E-state index contributed by atoms with van der Waals surface area (Å²) in [6.45, 7) is 2.05. The summed E-state index contributed by atoms with van der Waals surface area (Å²) in [5, 5.41) is 0. The van der Waals surface area contributed by atoms with Crippen LogP contribution < -0.4 is 5.73 Å². The zero-order chi connectivity index (χ0) is 7.40. The van der Waals surface area contributed by atoms with Gasteiger partial charge in [-0.15, -0.1) is 0 Å². The van der Waals surface area contributed by atoms with E-state index >= 15 is 0 Å². The predicted octanol–water partition coefficient (Wildman–Crippen LogP) is 1.08. The molecule has 0 amide bonds. The zero-order valence-electron chi connectivity index (χ0n) is 6.55. The molecule has 1 aliphatic rings. The lowest BCUT2D eigenvalue weighted by molar-refractivity contribution is 0.281. The Morgan fingerprint density at radius 1 is 1.60 bits per heavy atom. The average Bonchev–Trinajstić information content (AvgIpc) is 2.04. The standard InChI is InChI=1S/C7H16N2S/c1-10-9-5-3-2-4-7(9)6-8/h7H,2-6,8H2,1H3. The van der Waals surface area contributed by atoms with Crippen LogP contribution in [0.2, 0.25) is 0 Å². The molecule has 3 heteroatoms. The maximum Gasteiger partial charge on any atom is 0.0325 e. The van der Waals surface area contributed by atoms with Crippen molar-refractivity contribution in [3.8, 4) is 0 Å². The summed E-state index contributed by atoms with van der Waals surface area (Å²) < 4.78 is 2.41. The predicted molar refractivity (Wildman–Crippen MR) is 46.9 cm³/mol. The summed E-state index contributed by atoms with van der Waals surface area (Å²) in [5.74, 6) is 0. The van der Waals surface area contributed by atoms with E-state index in [2.05, 4.69) is 10.6 Å². The molecule has 2 N–H and O–H groups in total.